The maximum atomic E-state index is 13.7. The van der Waals surface area contributed by atoms with Crippen LogP contribution in [0.25, 0.3) is 0 Å². The number of sulfonamides is 1. The fraction of sp³-hybridized carbons (Fsp3) is 0.481. The van der Waals surface area contributed by atoms with E-state index in [0.717, 1.165) is 47.4 Å². The molecule has 0 aromatic heterocycles. The van der Waals surface area contributed by atoms with Crippen LogP contribution in [0, 0.1) is 0 Å². The summed E-state index contributed by atoms with van der Waals surface area (Å²) < 4.78 is 26.9. The number of anilines is 1. The van der Waals surface area contributed by atoms with Gasteiger partial charge in [0.25, 0.3) is 0 Å². The van der Waals surface area contributed by atoms with E-state index < -0.39 is 28.5 Å². The van der Waals surface area contributed by atoms with Gasteiger partial charge in [-0.3, -0.25) is 13.9 Å². The standard InChI is InChI=1S/C27H36ClN3O4S/c1-19(2)24-11-7-8-12-25(24)31(36(4,34)35)18-26(32)30(17-21-13-15-22(28)16-14-21)20(3)27(33)29-23-9-5-6-10-23/h7-8,11-16,19-20,23H,5-6,9-10,17-18H2,1-4H3,(H,29,33). The second-order valence-electron chi connectivity index (χ2n) is 9.80. The minimum atomic E-state index is -3.78. The number of hydrogen-bond donors (Lipinski definition) is 1. The molecule has 0 radical (unpaired) electrons. The minimum Gasteiger partial charge on any atom is -0.352 e. The molecule has 1 saturated carbocycles. The van der Waals surface area contributed by atoms with Gasteiger partial charge >= 0.3 is 0 Å². The molecule has 1 atom stereocenters. The van der Waals surface area contributed by atoms with Gasteiger partial charge in [-0.15, -0.1) is 0 Å². The van der Waals surface area contributed by atoms with Gasteiger partial charge in [0.2, 0.25) is 21.8 Å². The molecule has 7 nitrogen and oxygen atoms in total. The first-order chi connectivity index (χ1) is 17.0. The van der Waals surface area contributed by atoms with Crippen molar-refractivity contribution in [2.24, 2.45) is 0 Å². The highest BCUT2D eigenvalue weighted by molar-refractivity contribution is 7.92. The van der Waals surface area contributed by atoms with Crippen molar-refractivity contribution in [3.05, 3.63) is 64.7 Å². The zero-order valence-corrected chi connectivity index (χ0v) is 23.0. The van der Waals surface area contributed by atoms with Crippen molar-refractivity contribution in [3.63, 3.8) is 0 Å². The number of carbonyl (C=O) groups is 2. The molecule has 2 aromatic carbocycles. The van der Waals surface area contributed by atoms with Crippen molar-refractivity contribution in [2.45, 2.75) is 71.0 Å². The Labute approximate surface area is 219 Å². The lowest BCUT2D eigenvalue weighted by Crippen LogP contribution is -2.52. The first-order valence-corrected chi connectivity index (χ1v) is 14.6. The average Bonchev–Trinajstić information content (AvgIpc) is 3.33. The Morgan fingerprint density at radius 2 is 1.64 bits per heavy atom. The Kier molecular flexibility index (Phi) is 9.41. The highest BCUT2D eigenvalue weighted by Crippen LogP contribution is 2.29. The van der Waals surface area contributed by atoms with E-state index in [-0.39, 0.29) is 24.4 Å². The number of halogens is 1. The Morgan fingerprint density at radius 3 is 2.22 bits per heavy atom. The third-order valence-corrected chi connectivity index (χ3v) is 8.02. The van der Waals surface area contributed by atoms with Gasteiger partial charge < -0.3 is 10.2 Å². The summed E-state index contributed by atoms with van der Waals surface area (Å²) in [6.45, 7) is 5.38. The largest absolute Gasteiger partial charge is 0.352 e. The van der Waals surface area contributed by atoms with E-state index in [1.54, 1.807) is 43.3 Å². The normalized spacial score (nSPS) is 15.1. The van der Waals surface area contributed by atoms with Crippen molar-refractivity contribution >= 4 is 39.1 Å². The lowest BCUT2D eigenvalue weighted by molar-refractivity contribution is -0.139. The van der Waals surface area contributed by atoms with Crippen LogP contribution in [-0.2, 0) is 26.2 Å². The Balaban J connectivity index is 1.92. The molecule has 196 valence electrons. The maximum Gasteiger partial charge on any atom is 0.244 e. The molecule has 0 bridgehead atoms. The molecular weight excluding hydrogens is 498 g/mol. The third-order valence-electron chi connectivity index (χ3n) is 6.64. The number of amides is 2. The van der Waals surface area contributed by atoms with E-state index in [0.29, 0.717) is 10.7 Å². The predicted molar refractivity (Wildman–Crippen MR) is 145 cm³/mol. The first-order valence-electron chi connectivity index (χ1n) is 12.4. The fourth-order valence-electron chi connectivity index (χ4n) is 4.56. The van der Waals surface area contributed by atoms with Crippen molar-refractivity contribution in [3.8, 4) is 0 Å². The van der Waals surface area contributed by atoms with Crippen LogP contribution in [0.15, 0.2) is 48.5 Å². The molecule has 2 amide bonds. The van der Waals surface area contributed by atoms with Gasteiger partial charge in [0, 0.05) is 17.6 Å². The first kappa shape index (κ1) is 28.0. The molecule has 1 aliphatic rings. The van der Waals surface area contributed by atoms with Gasteiger partial charge in [0.1, 0.15) is 12.6 Å². The fourth-order valence-corrected chi connectivity index (χ4v) is 5.55. The number of hydrogen-bond acceptors (Lipinski definition) is 4. The van der Waals surface area contributed by atoms with Crippen LogP contribution < -0.4 is 9.62 Å². The van der Waals surface area contributed by atoms with Crippen LogP contribution in [0.2, 0.25) is 5.02 Å². The summed E-state index contributed by atoms with van der Waals surface area (Å²) in [6, 6.07) is 13.6. The van der Waals surface area contributed by atoms with Crippen LogP contribution >= 0.6 is 11.6 Å². The van der Waals surface area contributed by atoms with E-state index >= 15 is 0 Å². The molecule has 1 fully saturated rings. The SMILES string of the molecule is CC(C)c1ccccc1N(CC(=O)N(Cc1ccc(Cl)cc1)C(C)C(=O)NC1CCCC1)S(C)(=O)=O. The molecular formula is C27H36ClN3O4S. The molecule has 0 aliphatic heterocycles. The number of nitrogens with zero attached hydrogens (tertiary/aromatic N) is 2. The lowest BCUT2D eigenvalue weighted by Gasteiger charge is -2.32. The third kappa shape index (κ3) is 7.23. The number of carbonyl (C=O) groups excluding carboxylic acids is 2. The molecule has 1 unspecified atom stereocenters. The van der Waals surface area contributed by atoms with E-state index in [1.807, 2.05) is 26.0 Å². The van der Waals surface area contributed by atoms with E-state index in [9.17, 15) is 18.0 Å². The van der Waals surface area contributed by atoms with Crippen molar-refractivity contribution in [1.82, 2.24) is 10.2 Å². The highest BCUT2D eigenvalue weighted by Gasteiger charge is 2.32. The predicted octanol–water partition coefficient (Wildman–Crippen LogP) is 4.71. The second kappa shape index (κ2) is 12.1. The Bertz CT molecular complexity index is 1160. The lowest BCUT2D eigenvalue weighted by atomic mass is 10.0. The van der Waals surface area contributed by atoms with E-state index in [1.165, 1.54) is 4.90 Å². The quantitative estimate of drug-likeness (QED) is 0.479. The van der Waals surface area contributed by atoms with E-state index in [4.69, 9.17) is 11.6 Å². The van der Waals surface area contributed by atoms with Gasteiger partial charge in [0.05, 0.1) is 11.9 Å². The van der Waals surface area contributed by atoms with Crippen LogP contribution in [0.4, 0.5) is 5.69 Å². The molecule has 9 heteroatoms. The summed E-state index contributed by atoms with van der Waals surface area (Å²) >= 11 is 6.03. The zero-order chi connectivity index (χ0) is 26.5. The van der Waals surface area contributed by atoms with Crippen molar-refractivity contribution in [1.29, 1.82) is 0 Å². The van der Waals surface area contributed by atoms with Gasteiger partial charge in [-0.25, -0.2) is 8.42 Å². The molecule has 2 aromatic rings. The summed E-state index contributed by atoms with van der Waals surface area (Å²) in [5, 5.41) is 3.63. The van der Waals surface area contributed by atoms with Crippen molar-refractivity contribution in [2.75, 3.05) is 17.1 Å². The molecule has 0 saturated heterocycles. The van der Waals surface area contributed by atoms with Gasteiger partial charge in [0.15, 0.2) is 0 Å². The van der Waals surface area contributed by atoms with Gasteiger partial charge in [-0.1, -0.05) is 68.6 Å². The number of benzene rings is 2. The second-order valence-corrected chi connectivity index (χ2v) is 12.1. The molecule has 1 aliphatic carbocycles. The molecule has 3 rings (SSSR count). The average molecular weight is 534 g/mol. The van der Waals surface area contributed by atoms with Crippen molar-refractivity contribution < 1.29 is 18.0 Å². The molecule has 36 heavy (non-hydrogen) atoms. The summed E-state index contributed by atoms with van der Waals surface area (Å²) in [5.41, 5.74) is 2.09. The van der Waals surface area contributed by atoms with E-state index in [2.05, 4.69) is 5.32 Å². The number of nitrogens with one attached hydrogen (secondary N) is 1. The zero-order valence-electron chi connectivity index (χ0n) is 21.4. The van der Waals surface area contributed by atoms with Crippen LogP contribution in [-0.4, -0.2) is 50.0 Å². The maximum absolute atomic E-state index is 13.7. The summed E-state index contributed by atoms with van der Waals surface area (Å²) in [7, 11) is -3.78. The summed E-state index contributed by atoms with van der Waals surface area (Å²) in [4.78, 5) is 28.3. The minimum absolute atomic E-state index is 0.0573. The topological polar surface area (TPSA) is 86.8 Å². The highest BCUT2D eigenvalue weighted by atomic mass is 35.5. The van der Waals surface area contributed by atoms with Crippen LogP contribution in [0.1, 0.15) is 63.5 Å². The smallest absolute Gasteiger partial charge is 0.244 e. The molecule has 1 N–H and O–H groups in total. The number of rotatable bonds is 10. The molecule has 0 spiro atoms. The molecule has 0 heterocycles. The Morgan fingerprint density at radius 1 is 1.03 bits per heavy atom. The number of para-hydroxylation sites is 1. The Hall–Kier alpha value is -2.58. The summed E-state index contributed by atoms with van der Waals surface area (Å²) in [5.74, 6) is -0.637. The van der Waals surface area contributed by atoms with Crippen LogP contribution in [0.3, 0.4) is 0 Å². The van der Waals surface area contributed by atoms with Gasteiger partial charge in [-0.05, 0) is 55.0 Å². The van der Waals surface area contributed by atoms with Crippen LogP contribution in [0.5, 0.6) is 0 Å². The van der Waals surface area contributed by atoms with Gasteiger partial charge in [-0.2, -0.15) is 0 Å². The monoisotopic (exact) mass is 533 g/mol. The summed E-state index contributed by atoms with van der Waals surface area (Å²) in [6.07, 6.45) is 5.10.